The van der Waals surface area contributed by atoms with Crippen molar-refractivity contribution in [2.24, 2.45) is 0 Å². The van der Waals surface area contributed by atoms with Gasteiger partial charge in [-0.2, -0.15) is 0 Å². The van der Waals surface area contributed by atoms with Gasteiger partial charge in [0.25, 0.3) is 0 Å². The zero-order chi connectivity index (χ0) is 18.6. The summed E-state index contributed by atoms with van der Waals surface area (Å²) < 4.78 is 0. The van der Waals surface area contributed by atoms with Crippen molar-refractivity contribution in [2.45, 2.75) is 39.5 Å². The highest BCUT2D eigenvalue weighted by Gasteiger charge is 2.12. The SMILES string of the molecule is Cc1cnc(C=Cc2cccc3cccc(C)c23)cc1N1CCCCCC1. The van der Waals surface area contributed by atoms with Gasteiger partial charge < -0.3 is 4.90 Å². The molecule has 2 heteroatoms. The summed E-state index contributed by atoms with van der Waals surface area (Å²) in [6.07, 6.45) is 11.7. The van der Waals surface area contributed by atoms with E-state index in [-0.39, 0.29) is 0 Å². The molecule has 138 valence electrons. The number of rotatable bonds is 3. The lowest BCUT2D eigenvalue weighted by molar-refractivity contribution is 0.726. The van der Waals surface area contributed by atoms with Crippen LogP contribution in [0.5, 0.6) is 0 Å². The summed E-state index contributed by atoms with van der Waals surface area (Å²) in [6, 6.07) is 15.3. The summed E-state index contributed by atoms with van der Waals surface area (Å²) in [5, 5.41) is 2.62. The minimum Gasteiger partial charge on any atom is -0.371 e. The van der Waals surface area contributed by atoms with E-state index < -0.39 is 0 Å². The molecule has 1 saturated heterocycles. The quantitative estimate of drug-likeness (QED) is 0.539. The Morgan fingerprint density at radius 1 is 0.852 bits per heavy atom. The Balaban J connectivity index is 1.66. The molecule has 3 aromatic rings. The van der Waals surface area contributed by atoms with Crippen LogP contribution in [0.4, 0.5) is 5.69 Å². The Labute approximate surface area is 162 Å². The summed E-state index contributed by atoms with van der Waals surface area (Å²) in [6.45, 7) is 6.68. The summed E-state index contributed by atoms with van der Waals surface area (Å²) in [5.74, 6) is 0. The van der Waals surface area contributed by atoms with Crippen LogP contribution in [0.3, 0.4) is 0 Å². The zero-order valence-electron chi connectivity index (χ0n) is 16.4. The average molecular weight is 357 g/mol. The van der Waals surface area contributed by atoms with Crippen molar-refractivity contribution in [1.29, 1.82) is 0 Å². The van der Waals surface area contributed by atoms with Crippen LogP contribution in [0.2, 0.25) is 0 Å². The molecule has 0 atom stereocenters. The minimum atomic E-state index is 1.03. The van der Waals surface area contributed by atoms with Gasteiger partial charge >= 0.3 is 0 Å². The first-order valence-corrected chi connectivity index (χ1v) is 10.1. The number of aryl methyl sites for hydroxylation is 2. The third kappa shape index (κ3) is 3.90. The standard InChI is InChI=1S/C25H28N2/c1-19-9-7-10-21-11-8-12-22(25(19)21)13-14-23-17-24(20(2)18-26-23)27-15-5-3-4-6-16-27/h7-14,17-18H,3-6,15-16H2,1-2H3. The maximum absolute atomic E-state index is 4.66. The highest BCUT2D eigenvalue weighted by atomic mass is 15.1. The first-order valence-electron chi connectivity index (χ1n) is 10.1. The second kappa shape index (κ2) is 7.96. The molecule has 0 aliphatic carbocycles. The van der Waals surface area contributed by atoms with E-state index in [0.717, 1.165) is 18.8 Å². The van der Waals surface area contributed by atoms with Crippen molar-refractivity contribution in [3.05, 3.63) is 71.0 Å². The molecule has 0 N–H and O–H groups in total. The Kier molecular flexibility index (Phi) is 5.24. The first kappa shape index (κ1) is 17.8. The van der Waals surface area contributed by atoms with E-state index in [1.54, 1.807) is 0 Å². The molecule has 27 heavy (non-hydrogen) atoms. The lowest BCUT2D eigenvalue weighted by Gasteiger charge is -2.24. The average Bonchev–Trinajstić information content (AvgIpc) is 2.97. The third-order valence-electron chi connectivity index (χ3n) is 5.62. The van der Waals surface area contributed by atoms with E-state index >= 15 is 0 Å². The molecule has 0 amide bonds. The summed E-state index contributed by atoms with van der Waals surface area (Å²) in [7, 11) is 0. The second-order valence-corrected chi connectivity index (χ2v) is 7.65. The molecule has 1 aliphatic rings. The number of benzene rings is 2. The number of nitrogens with zero attached hydrogens (tertiary/aromatic N) is 2. The molecule has 0 unspecified atom stereocenters. The molecule has 2 nitrogen and oxygen atoms in total. The molecule has 1 fully saturated rings. The second-order valence-electron chi connectivity index (χ2n) is 7.65. The van der Waals surface area contributed by atoms with Crippen molar-refractivity contribution in [2.75, 3.05) is 18.0 Å². The van der Waals surface area contributed by atoms with E-state index in [1.807, 2.05) is 6.20 Å². The minimum absolute atomic E-state index is 1.03. The molecule has 4 rings (SSSR count). The van der Waals surface area contributed by atoms with Crippen molar-refractivity contribution < 1.29 is 0 Å². The topological polar surface area (TPSA) is 16.1 Å². The molecule has 2 heterocycles. The fraction of sp³-hybridized carbons (Fsp3) is 0.320. The predicted molar refractivity (Wildman–Crippen MR) is 117 cm³/mol. The smallest absolute Gasteiger partial charge is 0.0650 e. The van der Waals surface area contributed by atoms with Crippen molar-refractivity contribution in [3.8, 4) is 0 Å². The van der Waals surface area contributed by atoms with Crippen LogP contribution < -0.4 is 4.90 Å². The highest BCUT2D eigenvalue weighted by molar-refractivity contribution is 5.95. The van der Waals surface area contributed by atoms with Gasteiger partial charge in [-0.25, -0.2) is 0 Å². The van der Waals surface area contributed by atoms with Gasteiger partial charge in [0.2, 0.25) is 0 Å². The summed E-state index contributed by atoms with van der Waals surface area (Å²) >= 11 is 0. The van der Waals surface area contributed by atoms with Gasteiger partial charge in [0, 0.05) is 25.0 Å². The van der Waals surface area contributed by atoms with E-state index in [2.05, 4.69) is 78.3 Å². The number of aromatic nitrogens is 1. The largest absolute Gasteiger partial charge is 0.371 e. The van der Waals surface area contributed by atoms with Gasteiger partial charge in [-0.1, -0.05) is 55.3 Å². The summed E-state index contributed by atoms with van der Waals surface area (Å²) in [5.41, 5.74) is 6.22. The highest BCUT2D eigenvalue weighted by Crippen LogP contribution is 2.26. The molecule has 0 radical (unpaired) electrons. The molecular weight excluding hydrogens is 328 g/mol. The number of anilines is 1. The van der Waals surface area contributed by atoms with Crippen molar-refractivity contribution in [3.63, 3.8) is 0 Å². The maximum atomic E-state index is 4.66. The maximum Gasteiger partial charge on any atom is 0.0650 e. The predicted octanol–water partition coefficient (Wildman–Crippen LogP) is 6.40. The number of fused-ring (bicyclic) bond motifs is 1. The van der Waals surface area contributed by atoms with Crippen molar-refractivity contribution in [1.82, 2.24) is 4.98 Å². The van der Waals surface area contributed by atoms with E-state index in [4.69, 9.17) is 0 Å². The van der Waals surface area contributed by atoms with Gasteiger partial charge in [-0.05, 0) is 66.3 Å². The number of hydrogen-bond donors (Lipinski definition) is 0. The van der Waals surface area contributed by atoms with Gasteiger partial charge in [-0.3, -0.25) is 4.98 Å². The molecule has 2 aromatic carbocycles. The van der Waals surface area contributed by atoms with Crippen LogP contribution >= 0.6 is 0 Å². The Morgan fingerprint density at radius 2 is 1.59 bits per heavy atom. The van der Waals surface area contributed by atoms with Gasteiger partial charge in [0.05, 0.1) is 5.69 Å². The van der Waals surface area contributed by atoms with Gasteiger partial charge in [0.15, 0.2) is 0 Å². The van der Waals surface area contributed by atoms with Gasteiger partial charge in [-0.15, -0.1) is 0 Å². The third-order valence-corrected chi connectivity index (χ3v) is 5.62. The fourth-order valence-corrected chi connectivity index (χ4v) is 4.15. The lowest BCUT2D eigenvalue weighted by atomic mass is 9.99. The molecule has 1 aliphatic heterocycles. The van der Waals surface area contributed by atoms with Crippen LogP contribution in [0, 0.1) is 13.8 Å². The normalized spacial score (nSPS) is 15.4. The van der Waals surface area contributed by atoms with E-state index in [1.165, 1.54) is 58.8 Å². The van der Waals surface area contributed by atoms with Crippen LogP contribution in [0.15, 0.2) is 48.7 Å². The first-order chi connectivity index (χ1) is 13.2. The zero-order valence-corrected chi connectivity index (χ0v) is 16.4. The molecule has 1 aromatic heterocycles. The molecule has 0 spiro atoms. The van der Waals surface area contributed by atoms with Gasteiger partial charge in [0.1, 0.15) is 0 Å². The molecule has 0 bridgehead atoms. The Hall–Kier alpha value is -2.61. The van der Waals surface area contributed by atoms with E-state index in [0.29, 0.717) is 0 Å². The summed E-state index contributed by atoms with van der Waals surface area (Å²) in [4.78, 5) is 7.21. The van der Waals surface area contributed by atoms with Crippen LogP contribution in [0.1, 0.15) is 48.1 Å². The van der Waals surface area contributed by atoms with E-state index in [9.17, 15) is 0 Å². The van der Waals surface area contributed by atoms with Crippen molar-refractivity contribution >= 4 is 28.6 Å². The molecular formula is C25H28N2. The Bertz CT molecular complexity index is 958. The molecule has 0 saturated carbocycles. The fourth-order valence-electron chi connectivity index (χ4n) is 4.15. The number of hydrogen-bond acceptors (Lipinski definition) is 2. The van der Waals surface area contributed by atoms with Crippen LogP contribution in [0.25, 0.3) is 22.9 Å². The van der Waals surface area contributed by atoms with Crippen LogP contribution in [-0.2, 0) is 0 Å². The lowest BCUT2D eigenvalue weighted by Crippen LogP contribution is -2.24. The number of pyridine rings is 1. The van der Waals surface area contributed by atoms with Crippen LogP contribution in [-0.4, -0.2) is 18.1 Å². The monoisotopic (exact) mass is 356 g/mol. The Morgan fingerprint density at radius 3 is 2.37 bits per heavy atom.